The second-order valence-electron chi connectivity index (χ2n) is 4.38. The summed E-state index contributed by atoms with van der Waals surface area (Å²) in [5.41, 5.74) is 0.422. The van der Waals surface area contributed by atoms with Crippen molar-refractivity contribution in [1.82, 2.24) is 4.90 Å². The van der Waals surface area contributed by atoms with Crippen molar-refractivity contribution in [2.75, 3.05) is 19.0 Å². The Bertz CT molecular complexity index is 191. The first kappa shape index (κ1) is 11.8. The van der Waals surface area contributed by atoms with Gasteiger partial charge in [0, 0.05) is 18.5 Å². The minimum Gasteiger partial charge on any atom is -0.340 e. The first-order valence-corrected chi connectivity index (χ1v) is 6.04. The summed E-state index contributed by atoms with van der Waals surface area (Å²) in [6.45, 7) is 6.29. The fourth-order valence-electron chi connectivity index (χ4n) is 2.53. The van der Waals surface area contributed by atoms with Crippen molar-refractivity contribution in [1.29, 1.82) is 0 Å². The van der Waals surface area contributed by atoms with Crippen LogP contribution < -0.4 is 0 Å². The minimum atomic E-state index is 0.0921. The van der Waals surface area contributed by atoms with Gasteiger partial charge in [-0.2, -0.15) is 0 Å². The molecule has 0 bridgehead atoms. The van der Waals surface area contributed by atoms with Crippen LogP contribution in [0.15, 0.2) is 0 Å². The van der Waals surface area contributed by atoms with Gasteiger partial charge in [-0.05, 0) is 12.8 Å². The van der Waals surface area contributed by atoms with E-state index in [1.807, 2.05) is 4.90 Å². The molecule has 3 heteroatoms. The Kier molecular flexibility index (Phi) is 4.24. The molecule has 0 unspecified atom stereocenters. The molecule has 0 aromatic rings. The smallest absolute Gasteiger partial charge is 0.237 e. The lowest BCUT2D eigenvalue weighted by Gasteiger charge is -2.50. The van der Waals surface area contributed by atoms with Crippen LogP contribution in [0, 0.1) is 5.41 Å². The van der Waals surface area contributed by atoms with Crippen molar-refractivity contribution in [2.24, 2.45) is 5.41 Å². The second-order valence-corrected chi connectivity index (χ2v) is 4.65. The van der Waals surface area contributed by atoms with E-state index < -0.39 is 0 Å². The maximum atomic E-state index is 11.3. The van der Waals surface area contributed by atoms with E-state index in [1.54, 1.807) is 0 Å². The van der Waals surface area contributed by atoms with Crippen LogP contribution in [0.4, 0.5) is 0 Å². The number of carbonyl (C=O) groups excluding carboxylic acids is 1. The predicted octanol–water partition coefficient (Wildman–Crippen LogP) is 2.65. The topological polar surface area (TPSA) is 20.3 Å². The largest absolute Gasteiger partial charge is 0.340 e. The lowest BCUT2D eigenvalue weighted by Crippen LogP contribution is -2.58. The number of carbonyl (C=O) groups is 1. The quantitative estimate of drug-likeness (QED) is 0.649. The van der Waals surface area contributed by atoms with Crippen molar-refractivity contribution < 1.29 is 4.79 Å². The number of alkyl halides is 1. The van der Waals surface area contributed by atoms with Gasteiger partial charge in [0.25, 0.3) is 0 Å². The zero-order valence-corrected chi connectivity index (χ0v) is 9.94. The van der Waals surface area contributed by atoms with E-state index in [1.165, 1.54) is 25.7 Å². The predicted molar refractivity (Wildman–Crippen MR) is 59.5 cm³/mol. The van der Waals surface area contributed by atoms with Crippen LogP contribution in [0.3, 0.4) is 0 Å². The fraction of sp³-hybridized carbons (Fsp3) is 0.909. The number of hydrogen-bond donors (Lipinski definition) is 0. The van der Waals surface area contributed by atoms with Gasteiger partial charge in [-0.3, -0.25) is 4.79 Å². The number of hydrogen-bond acceptors (Lipinski definition) is 1. The average molecular weight is 218 g/mol. The highest BCUT2D eigenvalue weighted by Gasteiger charge is 2.42. The lowest BCUT2D eigenvalue weighted by atomic mass is 9.72. The van der Waals surface area contributed by atoms with Gasteiger partial charge in [-0.1, -0.05) is 26.7 Å². The monoisotopic (exact) mass is 217 g/mol. The second kappa shape index (κ2) is 5.01. The molecule has 1 aliphatic heterocycles. The lowest BCUT2D eigenvalue weighted by molar-refractivity contribution is -0.141. The van der Waals surface area contributed by atoms with Crippen molar-refractivity contribution in [3.8, 4) is 0 Å². The van der Waals surface area contributed by atoms with E-state index in [-0.39, 0.29) is 11.8 Å². The van der Waals surface area contributed by atoms with Gasteiger partial charge in [-0.25, -0.2) is 0 Å². The standard InChI is InChI=1S/C11H20ClNO/c1-3-5-11(6-4-2)8-13(9-11)10(14)7-12/h3-9H2,1-2H3. The minimum absolute atomic E-state index is 0.0921. The van der Waals surface area contributed by atoms with Gasteiger partial charge in [-0.15, -0.1) is 11.6 Å². The third-order valence-electron chi connectivity index (χ3n) is 3.08. The summed E-state index contributed by atoms with van der Waals surface area (Å²) in [4.78, 5) is 13.2. The summed E-state index contributed by atoms with van der Waals surface area (Å²) >= 11 is 5.52. The van der Waals surface area contributed by atoms with Crippen LogP contribution in [-0.2, 0) is 4.79 Å². The molecular formula is C11H20ClNO. The molecule has 1 amide bonds. The highest BCUT2D eigenvalue weighted by molar-refractivity contribution is 6.27. The van der Waals surface area contributed by atoms with Gasteiger partial charge in [0.1, 0.15) is 5.88 Å². The Labute approximate surface area is 91.6 Å². The molecule has 0 atom stereocenters. The third-order valence-corrected chi connectivity index (χ3v) is 3.31. The molecule has 1 aliphatic rings. The number of nitrogens with zero attached hydrogens (tertiary/aromatic N) is 1. The summed E-state index contributed by atoms with van der Waals surface area (Å²) in [7, 11) is 0. The molecule has 1 saturated heterocycles. The van der Waals surface area contributed by atoms with Crippen LogP contribution >= 0.6 is 11.6 Å². The summed E-state index contributed by atoms with van der Waals surface area (Å²) in [6.07, 6.45) is 4.91. The fourth-order valence-corrected chi connectivity index (χ4v) is 2.70. The van der Waals surface area contributed by atoms with Crippen LogP contribution in [0.5, 0.6) is 0 Å². The molecular weight excluding hydrogens is 198 g/mol. The number of halogens is 1. The van der Waals surface area contributed by atoms with Crippen molar-refractivity contribution in [3.63, 3.8) is 0 Å². The molecule has 0 saturated carbocycles. The van der Waals surface area contributed by atoms with E-state index >= 15 is 0 Å². The van der Waals surface area contributed by atoms with Crippen LogP contribution in [0.25, 0.3) is 0 Å². The van der Waals surface area contributed by atoms with Crippen LogP contribution in [0.1, 0.15) is 39.5 Å². The van der Waals surface area contributed by atoms with Crippen molar-refractivity contribution >= 4 is 17.5 Å². The molecule has 0 aromatic carbocycles. The van der Waals surface area contributed by atoms with E-state index in [2.05, 4.69) is 13.8 Å². The Morgan fingerprint density at radius 1 is 1.29 bits per heavy atom. The van der Waals surface area contributed by atoms with Crippen molar-refractivity contribution in [3.05, 3.63) is 0 Å². The van der Waals surface area contributed by atoms with Gasteiger partial charge in [0.15, 0.2) is 0 Å². The first-order valence-electron chi connectivity index (χ1n) is 5.51. The molecule has 1 fully saturated rings. The first-order chi connectivity index (χ1) is 6.67. The SMILES string of the molecule is CCCC1(CCC)CN(C(=O)CCl)C1. The highest BCUT2D eigenvalue weighted by Crippen LogP contribution is 2.39. The molecule has 0 N–H and O–H groups in total. The maximum Gasteiger partial charge on any atom is 0.237 e. The normalized spacial score (nSPS) is 19.2. The summed E-state index contributed by atoms with van der Waals surface area (Å²) in [5.74, 6) is 0.225. The van der Waals surface area contributed by atoms with E-state index in [4.69, 9.17) is 11.6 Å². The molecule has 82 valence electrons. The molecule has 1 heterocycles. The zero-order chi connectivity index (χ0) is 10.6. The molecule has 0 aliphatic carbocycles. The average Bonchev–Trinajstić information content (AvgIpc) is 2.12. The maximum absolute atomic E-state index is 11.3. The Morgan fingerprint density at radius 2 is 1.79 bits per heavy atom. The van der Waals surface area contributed by atoms with Crippen molar-refractivity contribution in [2.45, 2.75) is 39.5 Å². The van der Waals surface area contributed by atoms with Crippen LogP contribution in [0.2, 0.25) is 0 Å². The van der Waals surface area contributed by atoms with E-state index in [0.29, 0.717) is 5.41 Å². The summed E-state index contributed by atoms with van der Waals surface area (Å²) in [6, 6.07) is 0. The molecule has 0 spiro atoms. The Hall–Kier alpha value is -0.240. The third kappa shape index (κ3) is 2.41. The highest BCUT2D eigenvalue weighted by atomic mass is 35.5. The molecule has 2 nitrogen and oxygen atoms in total. The van der Waals surface area contributed by atoms with Gasteiger partial charge < -0.3 is 4.90 Å². The Balaban J connectivity index is 2.42. The van der Waals surface area contributed by atoms with Crippen LogP contribution in [-0.4, -0.2) is 29.8 Å². The number of likely N-dealkylation sites (tertiary alicyclic amines) is 1. The summed E-state index contributed by atoms with van der Waals surface area (Å²) < 4.78 is 0. The van der Waals surface area contributed by atoms with Gasteiger partial charge >= 0.3 is 0 Å². The van der Waals surface area contributed by atoms with Gasteiger partial charge in [0.2, 0.25) is 5.91 Å². The van der Waals surface area contributed by atoms with Gasteiger partial charge in [0.05, 0.1) is 0 Å². The zero-order valence-electron chi connectivity index (χ0n) is 9.18. The molecule has 0 aromatic heterocycles. The van der Waals surface area contributed by atoms with E-state index in [9.17, 15) is 4.79 Å². The number of rotatable bonds is 5. The number of amides is 1. The Morgan fingerprint density at radius 3 is 2.14 bits per heavy atom. The summed E-state index contributed by atoms with van der Waals surface area (Å²) in [5, 5.41) is 0. The molecule has 0 radical (unpaired) electrons. The molecule has 14 heavy (non-hydrogen) atoms. The molecule has 1 rings (SSSR count). The van der Waals surface area contributed by atoms with E-state index in [0.717, 1.165) is 13.1 Å².